The number of aliphatic hydroxyl groups is 2. The maximum atomic E-state index is 9.92. The number of hydrogen-bond acceptors (Lipinski definition) is 4. The second-order valence-electron chi connectivity index (χ2n) is 5.22. The second kappa shape index (κ2) is 5.12. The Hall–Kier alpha value is -1.70. The Kier molecular flexibility index (Phi) is 3.70. The van der Waals surface area contributed by atoms with Gasteiger partial charge in [-0.15, -0.1) is 0 Å². The molecule has 0 radical (unpaired) electrons. The lowest BCUT2D eigenvalue weighted by Crippen LogP contribution is -2.30. The highest BCUT2D eigenvalue weighted by atomic mass is 16.5. The Bertz CT molecular complexity index is 522. The molecule has 1 aromatic rings. The van der Waals surface area contributed by atoms with Gasteiger partial charge in [0.15, 0.2) is 0 Å². The number of fused-ring (bicyclic) bond motifs is 1. The molecular formula is C15H19NO3. The van der Waals surface area contributed by atoms with Crippen LogP contribution in [0.25, 0.3) is 0 Å². The van der Waals surface area contributed by atoms with Gasteiger partial charge >= 0.3 is 0 Å². The van der Waals surface area contributed by atoms with E-state index in [0.29, 0.717) is 13.0 Å². The minimum atomic E-state index is -1.02. The molecule has 19 heavy (non-hydrogen) atoms. The number of anilines is 1. The van der Waals surface area contributed by atoms with E-state index in [-0.39, 0.29) is 0 Å². The Balaban J connectivity index is 2.36. The Morgan fingerprint density at radius 2 is 2.16 bits per heavy atom. The summed E-state index contributed by atoms with van der Waals surface area (Å²) < 4.78 is 5.59. The van der Waals surface area contributed by atoms with E-state index < -0.39 is 11.8 Å². The third kappa shape index (κ3) is 3.40. The van der Waals surface area contributed by atoms with Crippen LogP contribution in [0.3, 0.4) is 0 Å². The molecule has 4 nitrogen and oxygen atoms in total. The van der Waals surface area contributed by atoms with Crippen LogP contribution >= 0.6 is 0 Å². The summed E-state index contributed by atoms with van der Waals surface area (Å²) in [5.74, 6) is 6.44. The van der Waals surface area contributed by atoms with Gasteiger partial charge in [-0.3, -0.25) is 0 Å². The maximum absolute atomic E-state index is 9.92. The predicted molar refractivity (Wildman–Crippen MR) is 74.1 cm³/mol. The summed E-state index contributed by atoms with van der Waals surface area (Å²) >= 11 is 0. The van der Waals surface area contributed by atoms with E-state index in [1.807, 2.05) is 25.2 Å². The third-order valence-electron chi connectivity index (χ3n) is 2.93. The summed E-state index contributed by atoms with van der Waals surface area (Å²) in [6, 6.07) is 5.56. The number of hydrogen-bond donors (Lipinski definition) is 2. The number of nitrogens with zero attached hydrogens (tertiary/aromatic N) is 1. The van der Waals surface area contributed by atoms with E-state index in [9.17, 15) is 10.2 Å². The van der Waals surface area contributed by atoms with Gasteiger partial charge < -0.3 is 19.8 Å². The van der Waals surface area contributed by atoms with Gasteiger partial charge in [-0.25, -0.2) is 0 Å². The molecular weight excluding hydrogens is 242 g/mol. The summed E-state index contributed by atoms with van der Waals surface area (Å²) in [6.07, 6.45) is 0.00862. The molecule has 0 spiro atoms. The third-order valence-corrected chi connectivity index (χ3v) is 2.93. The predicted octanol–water partition coefficient (Wildman–Crippen LogP) is 1.35. The lowest BCUT2D eigenvalue weighted by molar-refractivity contribution is 0.143. The highest BCUT2D eigenvalue weighted by Gasteiger charge is 2.20. The zero-order valence-electron chi connectivity index (χ0n) is 11.5. The fourth-order valence-electron chi connectivity index (χ4n) is 1.85. The molecule has 0 fully saturated rings. The van der Waals surface area contributed by atoms with E-state index in [0.717, 1.165) is 17.0 Å². The molecule has 0 aromatic heterocycles. The van der Waals surface area contributed by atoms with Crippen LogP contribution in [0.5, 0.6) is 5.75 Å². The molecule has 1 aliphatic rings. The highest BCUT2D eigenvalue weighted by molar-refractivity contribution is 5.62. The lowest BCUT2D eigenvalue weighted by Gasteiger charge is -2.23. The zero-order chi connectivity index (χ0) is 14.0. The fourth-order valence-corrected chi connectivity index (χ4v) is 1.85. The van der Waals surface area contributed by atoms with Crippen LogP contribution in [-0.2, 0) is 0 Å². The molecule has 2 N–H and O–H groups in total. The number of ether oxygens (including phenoxy) is 1. The Morgan fingerprint density at radius 3 is 2.84 bits per heavy atom. The van der Waals surface area contributed by atoms with Gasteiger partial charge in [-0.2, -0.15) is 0 Å². The molecule has 2 rings (SSSR count). The van der Waals surface area contributed by atoms with E-state index in [1.165, 1.54) is 0 Å². The molecule has 4 heteroatoms. The van der Waals surface area contributed by atoms with Crippen molar-refractivity contribution in [1.82, 2.24) is 0 Å². The largest absolute Gasteiger partial charge is 0.491 e. The highest BCUT2D eigenvalue weighted by Crippen LogP contribution is 2.32. The van der Waals surface area contributed by atoms with Crippen LogP contribution in [0.4, 0.5) is 5.69 Å². The van der Waals surface area contributed by atoms with Crippen LogP contribution in [-0.4, -0.2) is 35.7 Å². The van der Waals surface area contributed by atoms with Crippen molar-refractivity contribution >= 4 is 5.69 Å². The monoisotopic (exact) mass is 261 g/mol. The molecule has 0 saturated heterocycles. The summed E-state index contributed by atoms with van der Waals surface area (Å²) in [7, 11) is 1.82. The van der Waals surface area contributed by atoms with Gasteiger partial charge in [0, 0.05) is 19.0 Å². The molecule has 1 unspecified atom stereocenters. The average Bonchev–Trinajstić information content (AvgIpc) is 2.47. The smallest absolute Gasteiger partial charge is 0.142 e. The maximum Gasteiger partial charge on any atom is 0.142 e. The number of aliphatic hydroxyl groups excluding tert-OH is 1. The molecule has 0 bridgehead atoms. The van der Waals surface area contributed by atoms with Gasteiger partial charge in [0.25, 0.3) is 0 Å². The van der Waals surface area contributed by atoms with E-state index in [4.69, 9.17) is 4.74 Å². The summed E-state index contributed by atoms with van der Waals surface area (Å²) in [6.45, 7) is 3.78. The molecule has 0 amide bonds. The van der Waals surface area contributed by atoms with Crippen molar-refractivity contribution in [1.29, 1.82) is 0 Å². The van der Waals surface area contributed by atoms with Crippen LogP contribution in [0.15, 0.2) is 18.2 Å². The Labute approximate surface area is 113 Å². The summed E-state index contributed by atoms with van der Waals surface area (Å²) in [5, 5.41) is 19.5. The van der Waals surface area contributed by atoms with Crippen LogP contribution < -0.4 is 9.64 Å². The van der Waals surface area contributed by atoms with Gasteiger partial charge in [-0.05, 0) is 32.0 Å². The van der Waals surface area contributed by atoms with Crippen molar-refractivity contribution in [2.45, 2.75) is 32.1 Å². The van der Waals surface area contributed by atoms with Crippen LogP contribution in [0.1, 0.15) is 25.8 Å². The van der Waals surface area contributed by atoms with Crippen LogP contribution in [0.2, 0.25) is 0 Å². The van der Waals surface area contributed by atoms with Gasteiger partial charge in [0.05, 0.1) is 12.3 Å². The minimum Gasteiger partial charge on any atom is -0.491 e. The normalized spacial score (nSPS) is 18.8. The molecule has 1 heterocycles. The SMILES string of the molecule is CN1c2cc(C#CC(C)(C)O)ccc2OCCC1O. The zero-order valence-corrected chi connectivity index (χ0v) is 11.5. The minimum absolute atomic E-state index is 0.493. The van der Waals surface area contributed by atoms with E-state index in [1.54, 1.807) is 18.7 Å². The number of rotatable bonds is 0. The first-order valence-corrected chi connectivity index (χ1v) is 6.30. The molecule has 1 aromatic carbocycles. The Morgan fingerprint density at radius 1 is 1.42 bits per heavy atom. The summed E-state index contributed by atoms with van der Waals surface area (Å²) in [4.78, 5) is 1.78. The van der Waals surface area contributed by atoms with E-state index >= 15 is 0 Å². The average molecular weight is 261 g/mol. The van der Waals surface area contributed by atoms with E-state index in [2.05, 4.69) is 11.8 Å². The first-order valence-electron chi connectivity index (χ1n) is 6.30. The topological polar surface area (TPSA) is 52.9 Å². The molecule has 102 valence electrons. The first kappa shape index (κ1) is 13.7. The van der Waals surface area contributed by atoms with Crippen molar-refractivity contribution in [3.05, 3.63) is 23.8 Å². The first-order chi connectivity index (χ1) is 8.87. The van der Waals surface area contributed by atoms with Gasteiger partial charge in [-0.1, -0.05) is 11.8 Å². The standard InChI is InChI=1S/C15H19NO3/c1-15(2,18)8-6-11-4-5-13-12(10-11)16(3)14(17)7-9-19-13/h4-5,10,14,17-18H,7,9H2,1-3H3. The summed E-state index contributed by atoms with van der Waals surface area (Å²) in [5.41, 5.74) is 0.576. The van der Waals surface area contributed by atoms with Crippen LogP contribution in [0, 0.1) is 11.8 Å². The van der Waals surface area contributed by atoms with Gasteiger partial charge in [0.1, 0.15) is 17.6 Å². The molecule has 1 atom stereocenters. The van der Waals surface area contributed by atoms with Crippen molar-refractivity contribution < 1.29 is 14.9 Å². The van der Waals surface area contributed by atoms with Crippen molar-refractivity contribution in [2.75, 3.05) is 18.6 Å². The van der Waals surface area contributed by atoms with Gasteiger partial charge in [0.2, 0.25) is 0 Å². The van der Waals surface area contributed by atoms with Crippen molar-refractivity contribution in [3.8, 4) is 17.6 Å². The molecule has 0 aliphatic carbocycles. The molecule has 0 saturated carbocycles. The molecule has 1 aliphatic heterocycles. The van der Waals surface area contributed by atoms with Crippen molar-refractivity contribution in [3.63, 3.8) is 0 Å². The number of benzene rings is 1. The quantitative estimate of drug-likeness (QED) is 0.692. The second-order valence-corrected chi connectivity index (χ2v) is 5.22. The fraction of sp³-hybridized carbons (Fsp3) is 0.467. The van der Waals surface area contributed by atoms with Crippen molar-refractivity contribution in [2.24, 2.45) is 0 Å². The lowest BCUT2D eigenvalue weighted by atomic mass is 10.1.